The highest BCUT2D eigenvalue weighted by Gasteiger charge is 2.20. The molecular formula is C5H9S. The van der Waals surface area contributed by atoms with Gasteiger partial charge in [-0.05, 0) is 30.8 Å². The summed E-state index contributed by atoms with van der Waals surface area (Å²) in [5.41, 5.74) is 0. The van der Waals surface area contributed by atoms with Crippen molar-refractivity contribution in [3.8, 4) is 0 Å². The van der Waals surface area contributed by atoms with Crippen LogP contribution in [-0.4, -0.2) is 12.0 Å². The SMILES string of the molecule is CSC[C]1CC1. The van der Waals surface area contributed by atoms with Crippen molar-refractivity contribution < 1.29 is 0 Å². The largest absolute Gasteiger partial charge is 0.165 e. The Bertz CT molecular complexity index is 39.2. The molecule has 1 heteroatoms. The Morgan fingerprint density at radius 2 is 2.33 bits per heavy atom. The van der Waals surface area contributed by atoms with Gasteiger partial charge in [0.05, 0.1) is 0 Å². The smallest absolute Gasteiger partial charge is 0.000796 e. The van der Waals surface area contributed by atoms with E-state index in [1.54, 1.807) is 5.92 Å². The van der Waals surface area contributed by atoms with Gasteiger partial charge < -0.3 is 0 Å². The van der Waals surface area contributed by atoms with Crippen LogP contribution in [0.15, 0.2) is 0 Å². The van der Waals surface area contributed by atoms with E-state index >= 15 is 0 Å². The lowest BCUT2D eigenvalue weighted by molar-refractivity contribution is 1.42. The first kappa shape index (κ1) is 4.51. The standard InChI is InChI=1S/C5H9S/c1-6-4-5-2-3-5/h2-4H2,1H3. The molecule has 0 N–H and O–H groups in total. The van der Waals surface area contributed by atoms with Crippen LogP contribution >= 0.6 is 11.8 Å². The summed E-state index contributed by atoms with van der Waals surface area (Å²) in [5, 5.41) is 0. The molecule has 0 saturated heterocycles. The Morgan fingerprint density at radius 1 is 1.67 bits per heavy atom. The summed E-state index contributed by atoms with van der Waals surface area (Å²) in [6, 6.07) is 0. The molecule has 6 heavy (non-hydrogen) atoms. The summed E-state index contributed by atoms with van der Waals surface area (Å²) in [7, 11) is 0. The second kappa shape index (κ2) is 1.87. The third kappa shape index (κ3) is 1.21. The summed E-state index contributed by atoms with van der Waals surface area (Å²) in [6.07, 6.45) is 4.99. The third-order valence-corrected chi connectivity index (χ3v) is 1.65. The Hall–Kier alpha value is 0.350. The van der Waals surface area contributed by atoms with E-state index in [1.165, 1.54) is 18.6 Å². The molecule has 0 aromatic carbocycles. The van der Waals surface area contributed by atoms with E-state index < -0.39 is 0 Å². The summed E-state index contributed by atoms with van der Waals surface area (Å²) in [4.78, 5) is 0. The van der Waals surface area contributed by atoms with E-state index in [2.05, 4.69) is 6.26 Å². The second-order valence-corrected chi connectivity index (χ2v) is 2.55. The normalized spacial score (nSPS) is 21.5. The van der Waals surface area contributed by atoms with Crippen LogP contribution in [0, 0.1) is 5.92 Å². The zero-order valence-electron chi connectivity index (χ0n) is 4.03. The first-order chi connectivity index (χ1) is 2.93. The van der Waals surface area contributed by atoms with Crippen LogP contribution < -0.4 is 0 Å². The number of rotatable bonds is 2. The van der Waals surface area contributed by atoms with Gasteiger partial charge in [0.25, 0.3) is 0 Å². The fourth-order valence-electron chi connectivity index (χ4n) is 0.437. The van der Waals surface area contributed by atoms with Gasteiger partial charge in [0.15, 0.2) is 0 Å². The Labute approximate surface area is 43.3 Å². The van der Waals surface area contributed by atoms with Crippen molar-refractivity contribution in [2.24, 2.45) is 0 Å². The quantitative estimate of drug-likeness (QED) is 0.510. The average Bonchev–Trinajstić information content (AvgIpc) is 2.21. The lowest BCUT2D eigenvalue weighted by atomic mass is 10.5. The first-order valence-electron chi connectivity index (χ1n) is 2.26. The monoisotopic (exact) mass is 101 g/mol. The van der Waals surface area contributed by atoms with Gasteiger partial charge in [-0.3, -0.25) is 0 Å². The van der Waals surface area contributed by atoms with Crippen molar-refractivity contribution >= 4 is 11.8 Å². The van der Waals surface area contributed by atoms with Gasteiger partial charge >= 0.3 is 0 Å². The van der Waals surface area contributed by atoms with Crippen molar-refractivity contribution in [1.29, 1.82) is 0 Å². The summed E-state index contributed by atoms with van der Waals surface area (Å²) >= 11 is 1.94. The van der Waals surface area contributed by atoms with Gasteiger partial charge in [0.2, 0.25) is 0 Å². The molecule has 0 bridgehead atoms. The van der Waals surface area contributed by atoms with Crippen molar-refractivity contribution in [3.05, 3.63) is 5.92 Å². The highest BCUT2D eigenvalue weighted by Crippen LogP contribution is 2.33. The van der Waals surface area contributed by atoms with Crippen LogP contribution in [0.4, 0.5) is 0 Å². The van der Waals surface area contributed by atoms with Crippen molar-refractivity contribution in [3.63, 3.8) is 0 Å². The maximum atomic E-state index is 2.16. The molecule has 0 heterocycles. The molecular weight excluding hydrogens is 92.1 g/mol. The lowest BCUT2D eigenvalue weighted by Gasteiger charge is -1.82. The zero-order chi connectivity index (χ0) is 4.41. The molecule has 1 aliphatic carbocycles. The minimum Gasteiger partial charge on any atom is -0.165 e. The van der Waals surface area contributed by atoms with Crippen molar-refractivity contribution in [1.82, 2.24) is 0 Å². The van der Waals surface area contributed by atoms with Gasteiger partial charge in [-0.2, -0.15) is 11.8 Å². The van der Waals surface area contributed by atoms with E-state index in [1.807, 2.05) is 11.8 Å². The van der Waals surface area contributed by atoms with E-state index in [9.17, 15) is 0 Å². The maximum absolute atomic E-state index is 2.16. The Kier molecular flexibility index (Phi) is 1.41. The lowest BCUT2D eigenvalue weighted by Crippen LogP contribution is -1.71. The predicted molar refractivity (Wildman–Crippen MR) is 30.9 cm³/mol. The molecule has 0 aromatic heterocycles. The van der Waals surface area contributed by atoms with Crippen LogP contribution in [0.5, 0.6) is 0 Å². The van der Waals surface area contributed by atoms with Gasteiger partial charge in [0.1, 0.15) is 0 Å². The number of hydrogen-bond donors (Lipinski definition) is 0. The maximum Gasteiger partial charge on any atom is -0.000796 e. The average molecular weight is 101 g/mol. The van der Waals surface area contributed by atoms with Crippen LogP contribution in [0.3, 0.4) is 0 Å². The highest BCUT2D eigenvalue weighted by molar-refractivity contribution is 7.98. The fraction of sp³-hybridized carbons (Fsp3) is 0.800. The molecule has 0 aromatic rings. The second-order valence-electron chi connectivity index (χ2n) is 1.68. The van der Waals surface area contributed by atoms with Gasteiger partial charge in [-0.25, -0.2) is 0 Å². The molecule has 0 amide bonds. The Morgan fingerprint density at radius 3 is 2.50 bits per heavy atom. The number of thioether (sulfide) groups is 1. The van der Waals surface area contributed by atoms with E-state index in [-0.39, 0.29) is 0 Å². The molecule has 0 unspecified atom stereocenters. The summed E-state index contributed by atoms with van der Waals surface area (Å²) in [5.74, 6) is 3.07. The summed E-state index contributed by atoms with van der Waals surface area (Å²) < 4.78 is 0. The van der Waals surface area contributed by atoms with E-state index in [0.29, 0.717) is 0 Å². The molecule has 1 aliphatic rings. The molecule has 35 valence electrons. The third-order valence-electron chi connectivity index (χ3n) is 0.952. The molecule has 1 radical (unpaired) electrons. The molecule has 1 fully saturated rings. The topological polar surface area (TPSA) is 0 Å². The molecule has 0 atom stereocenters. The van der Waals surface area contributed by atoms with Gasteiger partial charge in [-0.1, -0.05) is 0 Å². The van der Waals surface area contributed by atoms with Crippen LogP contribution in [0.2, 0.25) is 0 Å². The van der Waals surface area contributed by atoms with Crippen LogP contribution in [-0.2, 0) is 0 Å². The van der Waals surface area contributed by atoms with Crippen molar-refractivity contribution in [2.75, 3.05) is 12.0 Å². The van der Waals surface area contributed by atoms with Gasteiger partial charge in [-0.15, -0.1) is 0 Å². The molecule has 0 spiro atoms. The Balaban J connectivity index is 1.88. The van der Waals surface area contributed by atoms with Crippen LogP contribution in [0.25, 0.3) is 0 Å². The predicted octanol–water partition coefficient (Wildman–Crippen LogP) is 1.72. The van der Waals surface area contributed by atoms with E-state index in [4.69, 9.17) is 0 Å². The minimum absolute atomic E-state index is 1.32. The summed E-state index contributed by atoms with van der Waals surface area (Å²) in [6.45, 7) is 0. The molecule has 1 rings (SSSR count). The molecule has 0 aliphatic heterocycles. The van der Waals surface area contributed by atoms with E-state index in [0.717, 1.165) is 0 Å². The zero-order valence-corrected chi connectivity index (χ0v) is 4.85. The molecule has 0 nitrogen and oxygen atoms in total. The molecule has 1 saturated carbocycles. The van der Waals surface area contributed by atoms with Gasteiger partial charge in [0, 0.05) is 0 Å². The van der Waals surface area contributed by atoms with Crippen molar-refractivity contribution in [2.45, 2.75) is 12.8 Å². The minimum atomic E-state index is 1.32. The van der Waals surface area contributed by atoms with Crippen LogP contribution in [0.1, 0.15) is 12.8 Å². The first-order valence-corrected chi connectivity index (χ1v) is 3.65. The fourth-order valence-corrected chi connectivity index (χ4v) is 1.13. The highest BCUT2D eigenvalue weighted by atomic mass is 32.2. The number of hydrogen-bond acceptors (Lipinski definition) is 1.